The van der Waals surface area contributed by atoms with E-state index in [-0.39, 0.29) is 0 Å². The third kappa shape index (κ3) is 6.05. The lowest BCUT2D eigenvalue weighted by Crippen LogP contribution is -2.31. The second kappa shape index (κ2) is 8.15. The van der Waals surface area contributed by atoms with E-state index < -0.39 is 5.60 Å². The molecule has 1 unspecified atom stereocenters. The summed E-state index contributed by atoms with van der Waals surface area (Å²) >= 11 is 0. The van der Waals surface area contributed by atoms with Gasteiger partial charge in [-0.15, -0.1) is 0 Å². The zero-order chi connectivity index (χ0) is 14.1. The van der Waals surface area contributed by atoms with Crippen LogP contribution in [0.15, 0.2) is 24.3 Å². The molecule has 1 rings (SSSR count). The van der Waals surface area contributed by atoms with Crippen LogP contribution in [0.2, 0.25) is 0 Å². The molecule has 0 aromatic heterocycles. The third-order valence-electron chi connectivity index (χ3n) is 3.07. The summed E-state index contributed by atoms with van der Waals surface area (Å²) in [4.78, 5) is 0. The number of nitrogens with one attached hydrogen (secondary N) is 1. The summed E-state index contributed by atoms with van der Waals surface area (Å²) in [5.74, 6) is 0.821. The molecular formula is C15H25NO3. The van der Waals surface area contributed by atoms with Gasteiger partial charge in [-0.1, -0.05) is 25.1 Å². The minimum absolute atomic E-state index is 0.304. The van der Waals surface area contributed by atoms with Crippen molar-refractivity contribution in [1.82, 2.24) is 5.32 Å². The van der Waals surface area contributed by atoms with E-state index in [1.54, 1.807) is 14.0 Å². The molecule has 4 heteroatoms. The maximum Gasteiger partial charge on any atom is 0.123 e. The number of aliphatic hydroxyl groups is 1. The second-order valence-electron chi connectivity index (χ2n) is 4.92. The number of benzene rings is 1. The Labute approximate surface area is 115 Å². The van der Waals surface area contributed by atoms with Crippen molar-refractivity contribution < 1.29 is 14.6 Å². The first-order chi connectivity index (χ1) is 9.09. The Morgan fingerprint density at radius 3 is 2.74 bits per heavy atom. The van der Waals surface area contributed by atoms with Crippen LogP contribution in [0.3, 0.4) is 0 Å². The number of hydrogen-bond acceptors (Lipinski definition) is 4. The molecule has 108 valence electrons. The number of ether oxygens (including phenoxy) is 2. The van der Waals surface area contributed by atoms with Crippen molar-refractivity contribution in [3.05, 3.63) is 29.8 Å². The molecule has 0 fully saturated rings. The lowest BCUT2D eigenvalue weighted by molar-refractivity contribution is 0.00815. The number of rotatable bonds is 9. The van der Waals surface area contributed by atoms with Gasteiger partial charge < -0.3 is 19.9 Å². The van der Waals surface area contributed by atoms with Crippen LogP contribution >= 0.6 is 0 Å². The molecule has 0 saturated heterocycles. The molecule has 0 aliphatic carbocycles. The van der Waals surface area contributed by atoms with Crippen LogP contribution in [0.5, 0.6) is 5.75 Å². The van der Waals surface area contributed by atoms with Gasteiger partial charge in [0.25, 0.3) is 0 Å². The largest absolute Gasteiger partial charge is 0.490 e. The molecule has 1 aromatic rings. The van der Waals surface area contributed by atoms with Crippen molar-refractivity contribution in [3.63, 3.8) is 0 Å². The number of hydrogen-bond donors (Lipinski definition) is 2. The van der Waals surface area contributed by atoms with E-state index in [2.05, 4.69) is 5.32 Å². The van der Waals surface area contributed by atoms with E-state index in [1.165, 1.54) is 0 Å². The average molecular weight is 267 g/mol. The van der Waals surface area contributed by atoms with Crippen molar-refractivity contribution in [3.8, 4) is 5.75 Å². The lowest BCUT2D eigenvalue weighted by atomic mass is 10.1. The molecule has 0 aliphatic rings. The summed E-state index contributed by atoms with van der Waals surface area (Å²) in [6, 6.07) is 7.88. The van der Waals surface area contributed by atoms with Crippen LogP contribution in [0.1, 0.15) is 25.8 Å². The van der Waals surface area contributed by atoms with Gasteiger partial charge in [-0.25, -0.2) is 0 Å². The maximum absolute atomic E-state index is 9.96. The normalized spacial score (nSPS) is 14.1. The van der Waals surface area contributed by atoms with E-state index in [4.69, 9.17) is 9.47 Å². The highest BCUT2D eigenvalue weighted by Gasteiger charge is 2.18. The lowest BCUT2D eigenvalue weighted by Gasteiger charge is -2.22. The molecule has 1 atom stereocenters. The summed E-state index contributed by atoms with van der Waals surface area (Å²) in [5, 5.41) is 13.3. The minimum atomic E-state index is -0.781. The Morgan fingerprint density at radius 2 is 2.05 bits per heavy atom. The van der Waals surface area contributed by atoms with Gasteiger partial charge in [0, 0.05) is 25.8 Å². The molecule has 0 bridgehead atoms. The molecule has 4 nitrogen and oxygen atoms in total. The third-order valence-corrected chi connectivity index (χ3v) is 3.07. The average Bonchev–Trinajstić information content (AvgIpc) is 2.42. The molecule has 0 radical (unpaired) electrons. The summed E-state index contributed by atoms with van der Waals surface area (Å²) in [7, 11) is 1.69. The van der Waals surface area contributed by atoms with E-state index in [0.29, 0.717) is 19.6 Å². The van der Waals surface area contributed by atoms with E-state index in [1.807, 2.05) is 31.2 Å². The Balaban J connectivity index is 2.53. The van der Waals surface area contributed by atoms with Gasteiger partial charge in [-0.05, 0) is 19.4 Å². The van der Waals surface area contributed by atoms with Gasteiger partial charge in [0.1, 0.15) is 12.4 Å². The van der Waals surface area contributed by atoms with Crippen LogP contribution in [0, 0.1) is 0 Å². The maximum atomic E-state index is 9.96. The zero-order valence-corrected chi connectivity index (χ0v) is 12.1. The minimum Gasteiger partial charge on any atom is -0.490 e. The molecule has 0 heterocycles. The van der Waals surface area contributed by atoms with Crippen LogP contribution in [-0.2, 0) is 11.3 Å². The van der Waals surface area contributed by atoms with Gasteiger partial charge in [0.2, 0.25) is 0 Å². The molecule has 2 N–H and O–H groups in total. The fourth-order valence-corrected chi connectivity index (χ4v) is 1.52. The Kier molecular flexibility index (Phi) is 6.84. The summed E-state index contributed by atoms with van der Waals surface area (Å²) in [5.41, 5.74) is 0.307. The first kappa shape index (κ1) is 16.0. The predicted octanol–water partition coefficient (Wildman–Crippen LogP) is 1.96. The second-order valence-corrected chi connectivity index (χ2v) is 4.92. The Morgan fingerprint density at radius 1 is 1.32 bits per heavy atom. The van der Waals surface area contributed by atoms with Crippen LogP contribution in [0.25, 0.3) is 0 Å². The Bertz CT molecular complexity index is 366. The highest BCUT2D eigenvalue weighted by atomic mass is 16.5. The van der Waals surface area contributed by atoms with E-state index in [9.17, 15) is 5.11 Å². The fourth-order valence-electron chi connectivity index (χ4n) is 1.52. The van der Waals surface area contributed by atoms with Gasteiger partial charge in [0.15, 0.2) is 0 Å². The number of para-hydroxylation sites is 1. The van der Waals surface area contributed by atoms with Gasteiger partial charge in [0.05, 0.1) is 12.2 Å². The van der Waals surface area contributed by atoms with E-state index in [0.717, 1.165) is 24.4 Å². The number of methoxy groups -OCH3 is 1. The van der Waals surface area contributed by atoms with Crippen molar-refractivity contribution in [2.45, 2.75) is 32.4 Å². The SMILES string of the molecule is CCC(C)(O)COc1ccccc1CNCCOC. The molecule has 1 aromatic carbocycles. The highest BCUT2D eigenvalue weighted by Crippen LogP contribution is 2.20. The summed E-state index contributed by atoms with van der Waals surface area (Å²) in [6.45, 7) is 6.26. The van der Waals surface area contributed by atoms with Gasteiger partial charge in [-0.2, -0.15) is 0 Å². The van der Waals surface area contributed by atoms with Gasteiger partial charge in [-0.3, -0.25) is 0 Å². The van der Waals surface area contributed by atoms with Crippen molar-refractivity contribution in [2.24, 2.45) is 0 Å². The molecule has 0 aliphatic heterocycles. The fraction of sp³-hybridized carbons (Fsp3) is 0.600. The molecule has 0 saturated carbocycles. The van der Waals surface area contributed by atoms with Crippen LogP contribution < -0.4 is 10.1 Å². The van der Waals surface area contributed by atoms with Crippen molar-refractivity contribution >= 4 is 0 Å². The standard InChI is InChI=1S/C15H25NO3/c1-4-15(2,17)12-19-14-8-6-5-7-13(14)11-16-9-10-18-3/h5-8,16-17H,4,9-12H2,1-3H3. The van der Waals surface area contributed by atoms with Crippen LogP contribution in [0.4, 0.5) is 0 Å². The first-order valence-corrected chi connectivity index (χ1v) is 6.72. The molecule has 0 amide bonds. The predicted molar refractivity (Wildman–Crippen MR) is 76.4 cm³/mol. The smallest absolute Gasteiger partial charge is 0.123 e. The quantitative estimate of drug-likeness (QED) is 0.672. The first-order valence-electron chi connectivity index (χ1n) is 6.72. The van der Waals surface area contributed by atoms with Gasteiger partial charge >= 0.3 is 0 Å². The molecule has 19 heavy (non-hydrogen) atoms. The molecule has 0 spiro atoms. The summed E-state index contributed by atoms with van der Waals surface area (Å²) in [6.07, 6.45) is 0.668. The topological polar surface area (TPSA) is 50.7 Å². The van der Waals surface area contributed by atoms with E-state index >= 15 is 0 Å². The summed E-state index contributed by atoms with van der Waals surface area (Å²) < 4.78 is 10.7. The highest BCUT2D eigenvalue weighted by molar-refractivity contribution is 5.33. The van der Waals surface area contributed by atoms with Crippen molar-refractivity contribution in [2.75, 3.05) is 26.9 Å². The van der Waals surface area contributed by atoms with Crippen LogP contribution in [-0.4, -0.2) is 37.6 Å². The van der Waals surface area contributed by atoms with Crippen molar-refractivity contribution in [1.29, 1.82) is 0 Å². The monoisotopic (exact) mass is 267 g/mol. The Hall–Kier alpha value is -1.10. The molecular weight excluding hydrogens is 242 g/mol. The zero-order valence-electron chi connectivity index (χ0n) is 12.1.